The maximum atomic E-state index is 6.20. The van der Waals surface area contributed by atoms with Gasteiger partial charge in [0.25, 0.3) is 0 Å². The lowest BCUT2D eigenvalue weighted by atomic mass is 10.1. The number of methoxy groups -OCH3 is 1. The van der Waals surface area contributed by atoms with Crippen LogP contribution in [0.2, 0.25) is 5.02 Å². The van der Waals surface area contributed by atoms with Crippen LogP contribution in [0.5, 0.6) is 5.75 Å². The molecule has 3 rings (SSSR count). The minimum absolute atomic E-state index is 0.702. The van der Waals surface area contributed by atoms with E-state index in [1.807, 2.05) is 42.1 Å². The molecule has 0 radical (unpaired) electrons. The lowest BCUT2D eigenvalue weighted by Gasteiger charge is -2.17. The van der Waals surface area contributed by atoms with E-state index in [2.05, 4.69) is 30.1 Å². The minimum Gasteiger partial charge on any atom is -0.497 e. The molecule has 29 heavy (non-hydrogen) atoms. The van der Waals surface area contributed by atoms with Gasteiger partial charge in [0.15, 0.2) is 0 Å². The molecular formula is C23H30ClN3OS. The van der Waals surface area contributed by atoms with Gasteiger partial charge in [-0.05, 0) is 61.7 Å². The molecule has 0 saturated carbocycles. The summed E-state index contributed by atoms with van der Waals surface area (Å²) in [7, 11) is 1.69. The summed E-state index contributed by atoms with van der Waals surface area (Å²) >= 11 is 8.23. The summed E-state index contributed by atoms with van der Waals surface area (Å²) in [6.07, 6.45) is 1.12. The van der Waals surface area contributed by atoms with Crippen LogP contribution in [0, 0.1) is 0 Å². The van der Waals surface area contributed by atoms with Crippen LogP contribution in [-0.4, -0.2) is 54.7 Å². The molecule has 0 amide bonds. The van der Waals surface area contributed by atoms with Gasteiger partial charge in [-0.2, -0.15) is 11.8 Å². The number of ether oxygens (including phenoxy) is 1. The van der Waals surface area contributed by atoms with Crippen molar-refractivity contribution in [3.05, 3.63) is 41.4 Å². The fourth-order valence-corrected chi connectivity index (χ4v) is 4.54. The second kappa shape index (κ2) is 10.9. The molecule has 0 aliphatic heterocycles. The molecule has 1 N–H and O–H groups in total. The monoisotopic (exact) mass is 431 g/mol. The third-order valence-corrected chi connectivity index (χ3v) is 6.44. The first-order valence-corrected chi connectivity index (χ1v) is 11.8. The summed E-state index contributed by atoms with van der Waals surface area (Å²) in [5.41, 5.74) is 2.96. The van der Waals surface area contributed by atoms with Gasteiger partial charge in [0.2, 0.25) is 0 Å². The summed E-state index contributed by atoms with van der Waals surface area (Å²) in [6, 6.07) is 11.9. The lowest BCUT2D eigenvalue weighted by Crippen LogP contribution is -2.25. The second-order valence-corrected chi connectivity index (χ2v) is 8.61. The highest BCUT2D eigenvalue weighted by Crippen LogP contribution is 2.34. The maximum Gasteiger partial charge on any atom is 0.119 e. The highest BCUT2D eigenvalue weighted by atomic mass is 35.5. The number of benzene rings is 2. The van der Waals surface area contributed by atoms with Crippen LogP contribution in [0.15, 0.2) is 36.4 Å². The zero-order chi connectivity index (χ0) is 20.6. The zero-order valence-electron chi connectivity index (χ0n) is 17.5. The van der Waals surface area contributed by atoms with Crippen molar-refractivity contribution >= 4 is 50.9 Å². The number of nitrogens with zero attached hydrogens (tertiary/aromatic N) is 2. The van der Waals surface area contributed by atoms with Crippen molar-refractivity contribution in [2.45, 2.75) is 20.3 Å². The van der Waals surface area contributed by atoms with Crippen molar-refractivity contribution in [3.8, 4) is 5.75 Å². The average molecular weight is 432 g/mol. The van der Waals surface area contributed by atoms with Crippen LogP contribution in [0.4, 0.5) is 5.69 Å². The van der Waals surface area contributed by atoms with Gasteiger partial charge < -0.3 is 15.0 Å². The number of halogens is 1. The zero-order valence-corrected chi connectivity index (χ0v) is 19.1. The van der Waals surface area contributed by atoms with Crippen LogP contribution >= 0.6 is 23.4 Å². The number of thioether (sulfide) groups is 1. The summed E-state index contributed by atoms with van der Waals surface area (Å²) in [4.78, 5) is 7.26. The van der Waals surface area contributed by atoms with E-state index in [1.54, 1.807) is 7.11 Å². The molecular weight excluding hydrogens is 402 g/mol. The molecule has 3 aromatic rings. The second-order valence-electron chi connectivity index (χ2n) is 6.95. The molecule has 0 spiro atoms. The number of pyridine rings is 1. The smallest absolute Gasteiger partial charge is 0.119 e. The van der Waals surface area contributed by atoms with Gasteiger partial charge in [0.1, 0.15) is 5.75 Å². The fraction of sp³-hybridized carbons (Fsp3) is 0.435. The normalized spacial score (nSPS) is 11.5. The summed E-state index contributed by atoms with van der Waals surface area (Å²) < 4.78 is 5.43. The predicted octanol–water partition coefficient (Wildman–Crippen LogP) is 5.93. The molecule has 0 unspecified atom stereocenters. The molecule has 1 heterocycles. The summed E-state index contributed by atoms with van der Waals surface area (Å²) in [5.74, 6) is 3.19. The molecule has 4 nitrogen and oxygen atoms in total. The van der Waals surface area contributed by atoms with Crippen molar-refractivity contribution in [3.63, 3.8) is 0 Å². The molecule has 0 aliphatic rings. The number of hydrogen-bond acceptors (Lipinski definition) is 5. The summed E-state index contributed by atoms with van der Waals surface area (Å²) in [6.45, 7) is 8.81. The van der Waals surface area contributed by atoms with Gasteiger partial charge in [-0.15, -0.1) is 0 Å². The van der Waals surface area contributed by atoms with Crippen molar-refractivity contribution in [2.75, 3.05) is 50.1 Å². The Labute approximate surface area is 183 Å². The highest BCUT2D eigenvalue weighted by Gasteiger charge is 2.10. The molecule has 156 valence electrons. The number of nitrogens with one attached hydrogen (secondary N) is 1. The van der Waals surface area contributed by atoms with E-state index in [4.69, 9.17) is 21.3 Å². The van der Waals surface area contributed by atoms with Crippen LogP contribution in [-0.2, 0) is 0 Å². The van der Waals surface area contributed by atoms with Gasteiger partial charge in [-0.1, -0.05) is 25.4 Å². The van der Waals surface area contributed by atoms with Crippen molar-refractivity contribution < 1.29 is 4.74 Å². The third-order valence-electron chi connectivity index (χ3n) is 5.16. The van der Waals surface area contributed by atoms with E-state index >= 15 is 0 Å². The topological polar surface area (TPSA) is 37.4 Å². The number of fused-ring (bicyclic) bond motifs is 2. The molecule has 0 bridgehead atoms. The third kappa shape index (κ3) is 5.68. The van der Waals surface area contributed by atoms with Gasteiger partial charge in [-0.25, -0.2) is 4.98 Å². The molecule has 2 aromatic carbocycles. The van der Waals surface area contributed by atoms with Gasteiger partial charge in [-0.3, -0.25) is 0 Å². The molecule has 0 fully saturated rings. The first kappa shape index (κ1) is 22.0. The lowest BCUT2D eigenvalue weighted by molar-refractivity contribution is 0.324. The van der Waals surface area contributed by atoms with Crippen LogP contribution in [0.1, 0.15) is 20.3 Å². The van der Waals surface area contributed by atoms with Gasteiger partial charge >= 0.3 is 0 Å². The van der Waals surface area contributed by atoms with Crippen molar-refractivity contribution in [1.29, 1.82) is 0 Å². The molecule has 1 aromatic heterocycles. The van der Waals surface area contributed by atoms with Gasteiger partial charge in [0.05, 0.1) is 23.8 Å². The largest absolute Gasteiger partial charge is 0.497 e. The fourth-order valence-electron chi connectivity index (χ4n) is 3.44. The number of aromatic nitrogens is 1. The Morgan fingerprint density at radius 1 is 1.03 bits per heavy atom. The van der Waals surface area contributed by atoms with E-state index < -0.39 is 0 Å². The predicted molar refractivity (Wildman–Crippen MR) is 129 cm³/mol. The van der Waals surface area contributed by atoms with Crippen molar-refractivity contribution in [1.82, 2.24) is 9.88 Å². The van der Waals surface area contributed by atoms with E-state index in [1.165, 1.54) is 12.3 Å². The quantitative estimate of drug-likeness (QED) is 0.301. The Morgan fingerprint density at radius 2 is 1.86 bits per heavy atom. The average Bonchev–Trinajstić information content (AvgIpc) is 2.74. The number of anilines is 1. The first-order chi connectivity index (χ1) is 14.2. The van der Waals surface area contributed by atoms with Gasteiger partial charge in [0, 0.05) is 34.6 Å². The van der Waals surface area contributed by atoms with E-state index in [0.29, 0.717) is 5.02 Å². The van der Waals surface area contributed by atoms with Crippen LogP contribution in [0.3, 0.4) is 0 Å². The molecule has 0 atom stereocenters. The highest BCUT2D eigenvalue weighted by molar-refractivity contribution is 7.99. The van der Waals surface area contributed by atoms with Crippen LogP contribution < -0.4 is 10.1 Å². The van der Waals surface area contributed by atoms with Crippen molar-refractivity contribution in [2.24, 2.45) is 0 Å². The summed E-state index contributed by atoms with van der Waals surface area (Å²) in [5, 5.41) is 6.53. The Bertz CT molecular complexity index is 946. The SMILES string of the molecule is CCN(CC)CCSCCCNc1c2ccc(Cl)cc2nc2ccc(OC)cc12. The van der Waals surface area contributed by atoms with E-state index in [-0.39, 0.29) is 0 Å². The minimum atomic E-state index is 0.702. The van der Waals surface area contributed by atoms with E-state index in [9.17, 15) is 0 Å². The molecule has 6 heteroatoms. The Morgan fingerprint density at radius 3 is 2.62 bits per heavy atom. The number of rotatable bonds is 11. The Hall–Kier alpha value is -1.69. The molecule has 0 aliphatic carbocycles. The number of hydrogen-bond donors (Lipinski definition) is 1. The Kier molecular flexibility index (Phi) is 8.28. The standard InChI is InChI=1S/C23H30ClN3OS/c1-4-27(5-2)12-14-29-13-6-11-25-23-19-9-7-17(24)15-22(19)26-21-10-8-18(28-3)16-20(21)23/h7-10,15-16H,4-6,11-14H2,1-3H3,(H,25,26). The van der Waals surface area contributed by atoms with E-state index in [0.717, 1.165) is 65.1 Å². The Balaban J connectivity index is 1.69. The maximum absolute atomic E-state index is 6.20. The molecule has 0 saturated heterocycles. The van der Waals surface area contributed by atoms with Crippen LogP contribution in [0.25, 0.3) is 21.8 Å². The first-order valence-electron chi connectivity index (χ1n) is 10.3.